The Kier molecular flexibility index (Phi) is 4.58. The van der Waals surface area contributed by atoms with E-state index in [0.717, 1.165) is 16.5 Å². The zero-order valence-electron chi connectivity index (χ0n) is 8.28. The van der Waals surface area contributed by atoms with Gasteiger partial charge in [-0.3, -0.25) is 0 Å². The van der Waals surface area contributed by atoms with Gasteiger partial charge in [0.05, 0.1) is 6.10 Å². The highest BCUT2D eigenvalue weighted by molar-refractivity contribution is 9.10. The summed E-state index contributed by atoms with van der Waals surface area (Å²) >= 11 is 3.42. The van der Waals surface area contributed by atoms with Crippen LogP contribution in [0, 0.1) is 5.92 Å². The first-order valence-electron chi connectivity index (χ1n) is 4.83. The first-order chi connectivity index (χ1) is 6.70. The van der Waals surface area contributed by atoms with Crippen molar-refractivity contribution in [2.45, 2.75) is 19.4 Å². The Labute approximate surface area is 93.3 Å². The monoisotopic (exact) mass is 257 g/mol. The molecule has 2 atom stereocenters. The number of aliphatic hydroxyl groups excluding tert-OH is 1. The van der Waals surface area contributed by atoms with E-state index in [9.17, 15) is 5.11 Å². The van der Waals surface area contributed by atoms with Crippen LogP contribution in [0.3, 0.4) is 0 Å². The molecule has 0 aliphatic rings. The molecule has 0 spiro atoms. The average Bonchev–Trinajstić information content (AvgIpc) is 2.20. The average molecular weight is 258 g/mol. The fourth-order valence-electron chi connectivity index (χ4n) is 1.49. The number of rotatable bonds is 4. The lowest BCUT2D eigenvalue weighted by Crippen LogP contribution is -2.21. The van der Waals surface area contributed by atoms with Crippen molar-refractivity contribution in [3.8, 4) is 0 Å². The van der Waals surface area contributed by atoms with Crippen LogP contribution in [-0.4, -0.2) is 11.7 Å². The van der Waals surface area contributed by atoms with Gasteiger partial charge < -0.3 is 10.8 Å². The van der Waals surface area contributed by atoms with Crippen molar-refractivity contribution in [1.29, 1.82) is 0 Å². The molecule has 1 aromatic rings. The smallest absolute Gasteiger partial charge is 0.0841 e. The molecule has 3 heteroatoms. The summed E-state index contributed by atoms with van der Waals surface area (Å²) < 4.78 is 0.944. The molecule has 0 heterocycles. The number of nitrogens with two attached hydrogens (primary N) is 1. The molecule has 0 saturated carbocycles. The van der Waals surface area contributed by atoms with Gasteiger partial charge in [0, 0.05) is 10.4 Å². The lowest BCUT2D eigenvalue weighted by atomic mass is 9.94. The van der Waals surface area contributed by atoms with Gasteiger partial charge in [0.25, 0.3) is 0 Å². The molecule has 0 amide bonds. The van der Waals surface area contributed by atoms with Gasteiger partial charge in [-0.25, -0.2) is 0 Å². The lowest BCUT2D eigenvalue weighted by molar-refractivity contribution is 0.109. The minimum atomic E-state index is -0.472. The second kappa shape index (κ2) is 5.49. The maximum atomic E-state index is 10.1. The first kappa shape index (κ1) is 11.7. The molecule has 14 heavy (non-hydrogen) atoms. The van der Waals surface area contributed by atoms with Crippen molar-refractivity contribution in [2.24, 2.45) is 11.7 Å². The Balaban J connectivity index is 2.88. The Morgan fingerprint density at radius 1 is 1.43 bits per heavy atom. The lowest BCUT2D eigenvalue weighted by Gasteiger charge is -2.21. The van der Waals surface area contributed by atoms with Gasteiger partial charge in [-0.15, -0.1) is 0 Å². The third-order valence-electron chi connectivity index (χ3n) is 2.50. The van der Waals surface area contributed by atoms with Crippen LogP contribution in [0.5, 0.6) is 0 Å². The molecule has 1 rings (SSSR count). The Morgan fingerprint density at radius 3 is 2.57 bits per heavy atom. The summed E-state index contributed by atoms with van der Waals surface area (Å²) in [5, 5.41) is 10.1. The SMILES string of the molecule is CCC(CN)C(O)c1ccccc1Br. The van der Waals surface area contributed by atoms with Crippen molar-refractivity contribution >= 4 is 15.9 Å². The third kappa shape index (κ3) is 2.56. The van der Waals surface area contributed by atoms with Crippen LogP contribution in [0.2, 0.25) is 0 Å². The maximum Gasteiger partial charge on any atom is 0.0841 e. The van der Waals surface area contributed by atoms with Crippen molar-refractivity contribution in [2.75, 3.05) is 6.54 Å². The zero-order valence-corrected chi connectivity index (χ0v) is 9.87. The van der Waals surface area contributed by atoms with Crippen LogP contribution in [-0.2, 0) is 0 Å². The standard InChI is InChI=1S/C11H16BrNO/c1-2-8(7-13)11(14)9-5-3-4-6-10(9)12/h3-6,8,11,14H,2,7,13H2,1H3. The minimum Gasteiger partial charge on any atom is -0.388 e. The number of benzene rings is 1. The number of aliphatic hydroxyl groups is 1. The van der Waals surface area contributed by atoms with Gasteiger partial charge in [0.2, 0.25) is 0 Å². The summed E-state index contributed by atoms with van der Waals surface area (Å²) in [4.78, 5) is 0. The molecule has 3 N–H and O–H groups in total. The number of hydrogen-bond acceptors (Lipinski definition) is 2. The van der Waals surface area contributed by atoms with E-state index in [4.69, 9.17) is 5.73 Å². The highest BCUT2D eigenvalue weighted by Gasteiger charge is 2.19. The molecule has 0 saturated heterocycles. The van der Waals surface area contributed by atoms with Crippen LogP contribution >= 0.6 is 15.9 Å². The van der Waals surface area contributed by atoms with E-state index in [1.165, 1.54) is 0 Å². The van der Waals surface area contributed by atoms with E-state index >= 15 is 0 Å². The molecule has 0 bridgehead atoms. The van der Waals surface area contributed by atoms with E-state index in [1.54, 1.807) is 0 Å². The quantitative estimate of drug-likeness (QED) is 0.871. The summed E-state index contributed by atoms with van der Waals surface area (Å²) in [6, 6.07) is 7.71. The minimum absolute atomic E-state index is 0.133. The molecule has 0 aliphatic carbocycles. The zero-order chi connectivity index (χ0) is 10.6. The molecule has 1 aromatic carbocycles. The van der Waals surface area contributed by atoms with Crippen molar-refractivity contribution in [3.05, 3.63) is 34.3 Å². The molecule has 2 nitrogen and oxygen atoms in total. The molecule has 0 aliphatic heterocycles. The van der Waals surface area contributed by atoms with Crippen LogP contribution in [0.4, 0.5) is 0 Å². The number of hydrogen-bond donors (Lipinski definition) is 2. The van der Waals surface area contributed by atoms with E-state index in [0.29, 0.717) is 6.54 Å². The predicted molar refractivity (Wildman–Crippen MR) is 61.9 cm³/mol. The highest BCUT2D eigenvalue weighted by atomic mass is 79.9. The van der Waals surface area contributed by atoms with Crippen molar-refractivity contribution in [1.82, 2.24) is 0 Å². The molecular weight excluding hydrogens is 242 g/mol. The van der Waals surface area contributed by atoms with Gasteiger partial charge in [0.1, 0.15) is 0 Å². The fourth-order valence-corrected chi connectivity index (χ4v) is 2.01. The van der Waals surface area contributed by atoms with Gasteiger partial charge in [-0.2, -0.15) is 0 Å². The fraction of sp³-hybridized carbons (Fsp3) is 0.455. The Morgan fingerprint density at radius 2 is 2.07 bits per heavy atom. The van der Waals surface area contributed by atoms with Gasteiger partial charge in [-0.05, 0) is 24.6 Å². The summed E-state index contributed by atoms with van der Waals surface area (Å²) in [7, 11) is 0. The molecular formula is C11H16BrNO. The van der Waals surface area contributed by atoms with Gasteiger partial charge in [0.15, 0.2) is 0 Å². The second-order valence-electron chi connectivity index (χ2n) is 3.37. The first-order valence-corrected chi connectivity index (χ1v) is 5.62. The highest BCUT2D eigenvalue weighted by Crippen LogP contribution is 2.29. The summed E-state index contributed by atoms with van der Waals surface area (Å²) in [5.41, 5.74) is 6.52. The van der Waals surface area contributed by atoms with Gasteiger partial charge in [-0.1, -0.05) is 41.1 Å². The third-order valence-corrected chi connectivity index (χ3v) is 3.22. The van der Waals surface area contributed by atoms with Crippen molar-refractivity contribution < 1.29 is 5.11 Å². The topological polar surface area (TPSA) is 46.2 Å². The molecule has 0 aromatic heterocycles. The van der Waals surface area contributed by atoms with Crippen molar-refractivity contribution in [3.63, 3.8) is 0 Å². The van der Waals surface area contributed by atoms with Crippen LogP contribution in [0.15, 0.2) is 28.7 Å². The predicted octanol–water partition coefficient (Wildman–Crippen LogP) is 2.47. The van der Waals surface area contributed by atoms with Crippen LogP contribution in [0.1, 0.15) is 25.0 Å². The molecule has 2 unspecified atom stereocenters. The molecule has 78 valence electrons. The van der Waals surface area contributed by atoms with E-state index in [1.807, 2.05) is 31.2 Å². The number of halogens is 1. The maximum absolute atomic E-state index is 10.1. The summed E-state index contributed by atoms with van der Waals surface area (Å²) in [6.45, 7) is 2.55. The Bertz CT molecular complexity index is 286. The molecule has 0 radical (unpaired) electrons. The van der Waals surface area contributed by atoms with Gasteiger partial charge >= 0.3 is 0 Å². The van der Waals surface area contributed by atoms with E-state index in [2.05, 4.69) is 15.9 Å². The van der Waals surface area contributed by atoms with E-state index < -0.39 is 6.10 Å². The van der Waals surface area contributed by atoms with Crippen LogP contribution < -0.4 is 5.73 Å². The summed E-state index contributed by atoms with van der Waals surface area (Å²) in [5.74, 6) is 0.133. The summed E-state index contributed by atoms with van der Waals surface area (Å²) in [6.07, 6.45) is 0.416. The Hall–Kier alpha value is -0.380. The van der Waals surface area contributed by atoms with Crippen LogP contribution in [0.25, 0.3) is 0 Å². The normalized spacial score (nSPS) is 15.1. The second-order valence-corrected chi connectivity index (χ2v) is 4.22. The van der Waals surface area contributed by atoms with E-state index in [-0.39, 0.29) is 5.92 Å². The molecule has 0 fully saturated rings. The largest absolute Gasteiger partial charge is 0.388 e.